The van der Waals surface area contributed by atoms with Gasteiger partial charge in [0.15, 0.2) is 5.82 Å². The van der Waals surface area contributed by atoms with Crippen LogP contribution in [0.5, 0.6) is 5.75 Å². The minimum atomic E-state index is -0.353. The van der Waals surface area contributed by atoms with Gasteiger partial charge in [-0.05, 0) is 58.8 Å². The van der Waals surface area contributed by atoms with Gasteiger partial charge in [0, 0.05) is 11.9 Å². The molecule has 0 aliphatic rings. The Morgan fingerprint density at radius 2 is 1.85 bits per heavy atom. The number of hydrogen-bond acceptors (Lipinski definition) is 6. The molecule has 0 radical (unpaired) electrons. The molecule has 2 heterocycles. The quantitative estimate of drug-likeness (QED) is 0.369. The summed E-state index contributed by atoms with van der Waals surface area (Å²) >= 11 is 0. The highest BCUT2D eigenvalue weighted by molar-refractivity contribution is 6.05. The lowest BCUT2D eigenvalue weighted by Crippen LogP contribution is -2.03. The molecule has 0 bridgehead atoms. The van der Waals surface area contributed by atoms with Crippen LogP contribution in [0, 0.1) is 0 Å². The number of esters is 1. The van der Waals surface area contributed by atoms with E-state index in [2.05, 4.69) is 10.3 Å². The van der Waals surface area contributed by atoms with Gasteiger partial charge in [-0.2, -0.15) is 5.10 Å². The van der Waals surface area contributed by atoms with Crippen molar-refractivity contribution in [2.24, 2.45) is 0 Å². The minimum Gasteiger partial charge on any atom is -0.497 e. The first-order valence-electron chi connectivity index (χ1n) is 10.5. The molecule has 0 aliphatic carbocycles. The molecule has 0 unspecified atom stereocenters. The maximum Gasteiger partial charge on any atom is 0.338 e. The van der Waals surface area contributed by atoms with E-state index in [0.29, 0.717) is 17.9 Å². The first-order chi connectivity index (χ1) is 16.2. The number of nitrogens with zero attached hydrogens (tertiary/aromatic N) is 3. The Kier molecular flexibility index (Phi) is 5.36. The molecule has 0 aliphatic heterocycles. The lowest BCUT2D eigenvalue weighted by molar-refractivity contribution is 0.0603. The fourth-order valence-corrected chi connectivity index (χ4v) is 3.90. The first kappa shape index (κ1) is 20.5. The molecule has 7 heteroatoms. The average Bonchev–Trinajstić information content (AvgIpc) is 3.20. The Labute approximate surface area is 190 Å². The van der Waals surface area contributed by atoms with E-state index in [-0.39, 0.29) is 5.97 Å². The molecule has 33 heavy (non-hydrogen) atoms. The molecule has 7 nitrogen and oxygen atoms in total. The molecule has 2 aromatic heterocycles. The smallest absolute Gasteiger partial charge is 0.338 e. The summed E-state index contributed by atoms with van der Waals surface area (Å²) in [6, 6.07) is 23.2. The molecular weight excluding hydrogens is 416 g/mol. The van der Waals surface area contributed by atoms with Gasteiger partial charge in [-0.15, -0.1) is 0 Å². The monoisotopic (exact) mass is 438 g/mol. The van der Waals surface area contributed by atoms with Crippen LogP contribution >= 0.6 is 0 Å². The Bertz CT molecular complexity index is 1460. The van der Waals surface area contributed by atoms with Gasteiger partial charge >= 0.3 is 5.97 Å². The maximum atomic E-state index is 12.1. The van der Waals surface area contributed by atoms with Gasteiger partial charge in [0.05, 0.1) is 31.8 Å². The molecule has 5 rings (SSSR count). The number of anilines is 2. The number of ether oxygens (including phenoxy) is 2. The second-order valence-corrected chi connectivity index (χ2v) is 7.58. The number of nitrogens with one attached hydrogen (secondary N) is 1. The third-order valence-electron chi connectivity index (χ3n) is 5.55. The number of benzene rings is 3. The van der Waals surface area contributed by atoms with Gasteiger partial charge < -0.3 is 14.8 Å². The fraction of sp³-hybridized carbons (Fsp3) is 0.115. The number of methoxy groups -OCH3 is 2. The molecule has 5 aromatic rings. The Hall–Kier alpha value is -4.39. The van der Waals surface area contributed by atoms with E-state index in [1.807, 2.05) is 71.4 Å². The van der Waals surface area contributed by atoms with Crippen LogP contribution in [-0.2, 0) is 11.3 Å². The minimum absolute atomic E-state index is 0.353. The normalized spacial score (nSPS) is 11.0. The number of carbonyl (C=O) groups excluding carboxylic acids is 1. The second kappa shape index (κ2) is 8.63. The van der Waals surface area contributed by atoms with E-state index in [9.17, 15) is 4.79 Å². The van der Waals surface area contributed by atoms with E-state index in [1.165, 1.54) is 7.11 Å². The third-order valence-corrected chi connectivity index (χ3v) is 5.55. The van der Waals surface area contributed by atoms with Crippen molar-refractivity contribution in [2.75, 3.05) is 19.5 Å². The number of rotatable bonds is 6. The number of fused-ring (bicyclic) bond motifs is 2. The van der Waals surface area contributed by atoms with E-state index >= 15 is 0 Å². The molecule has 1 N–H and O–H groups in total. The second-order valence-electron chi connectivity index (χ2n) is 7.58. The first-order valence-corrected chi connectivity index (χ1v) is 10.5. The summed E-state index contributed by atoms with van der Waals surface area (Å²) < 4.78 is 12.1. The van der Waals surface area contributed by atoms with Crippen molar-refractivity contribution in [1.29, 1.82) is 0 Å². The van der Waals surface area contributed by atoms with E-state index < -0.39 is 0 Å². The molecule has 0 spiro atoms. The van der Waals surface area contributed by atoms with Crippen LogP contribution in [0.4, 0.5) is 11.5 Å². The predicted molar refractivity (Wildman–Crippen MR) is 128 cm³/mol. The molecular formula is C26H22N4O3. The van der Waals surface area contributed by atoms with Crippen molar-refractivity contribution < 1.29 is 14.3 Å². The van der Waals surface area contributed by atoms with Crippen LogP contribution in [-0.4, -0.2) is 35.0 Å². The average molecular weight is 438 g/mol. The van der Waals surface area contributed by atoms with Crippen molar-refractivity contribution in [3.05, 3.63) is 90.1 Å². The lowest BCUT2D eigenvalue weighted by Gasteiger charge is -2.08. The Balaban J connectivity index is 1.49. The Morgan fingerprint density at radius 3 is 2.64 bits per heavy atom. The lowest BCUT2D eigenvalue weighted by atomic mass is 10.0. The topological polar surface area (TPSA) is 78.3 Å². The molecule has 164 valence electrons. The molecule has 0 amide bonds. The van der Waals surface area contributed by atoms with Gasteiger partial charge in [-0.1, -0.05) is 30.3 Å². The Morgan fingerprint density at radius 1 is 1.00 bits per heavy atom. The summed E-state index contributed by atoms with van der Waals surface area (Å²) in [5.74, 6) is 1.14. The third kappa shape index (κ3) is 3.96. The van der Waals surface area contributed by atoms with Gasteiger partial charge in [0.2, 0.25) is 0 Å². The van der Waals surface area contributed by atoms with Crippen LogP contribution in [0.25, 0.3) is 21.8 Å². The highest BCUT2D eigenvalue weighted by Gasteiger charge is 2.14. The van der Waals surface area contributed by atoms with E-state index in [4.69, 9.17) is 14.6 Å². The van der Waals surface area contributed by atoms with Crippen LogP contribution in [0.2, 0.25) is 0 Å². The summed E-state index contributed by atoms with van der Waals surface area (Å²) in [6.45, 7) is 0.605. The zero-order valence-corrected chi connectivity index (χ0v) is 18.3. The van der Waals surface area contributed by atoms with Crippen molar-refractivity contribution in [2.45, 2.75) is 6.54 Å². The largest absolute Gasteiger partial charge is 0.497 e. The molecule has 3 aromatic carbocycles. The highest BCUT2D eigenvalue weighted by Crippen LogP contribution is 2.28. The number of hydrogen-bond donors (Lipinski definition) is 1. The molecule has 0 fully saturated rings. The summed E-state index contributed by atoms with van der Waals surface area (Å²) in [4.78, 5) is 16.6. The predicted octanol–water partition coefficient (Wildman–Crippen LogP) is 5.17. The van der Waals surface area contributed by atoms with Crippen LogP contribution in [0.15, 0.2) is 79.0 Å². The van der Waals surface area contributed by atoms with E-state index in [0.717, 1.165) is 38.8 Å². The van der Waals surface area contributed by atoms with Gasteiger partial charge in [-0.3, -0.25) is 9.67 Å². The van der Waals surface area contributed by atoms with Gasteiger partial charge in [-0.25, -0.2) is 4.79 Å². The number of pyridine rings is 1. The number of carbonyl (C=O) groups is 1. The standard InChI is InChI=1S/C26H22N4O3/c1-32-20-11-8-17(9-12-20)16-30-23-7-4-14-27-24(23)25(29-30)28-19-10-13-21-18(15-19)5-3-6-22(21)26(31)33-2/h3-15H,16H2,1-2H3,(H,28,29). The van der Waals surface area contributed by atoms with Crippen LogP contribution in [0.1, 0.15) is 15.9 Å². The van der Waals surface area contributed by atoms with Crippen molar-refractivity contribution in [1.82, 2.24) is 14.8 Å². The van der Waals surface area contributed by atoms with Gasteiger partial charge in [0.1, 0.15) is 11.3 Å². The zero-order valence-electron chi connectivity index (χ0n) is 18.3. The zero-order chi connectivity index (χ0) is 22.8. The summed E-state index contributed by atoms with van der Waals surface area (Å²) in [5, 5.41) is 9.96. The summed E-state index contributed by atoms with van der Waals surface area (Å²) in [5.41, 5.74) is 4.22. The van der Waals surface area contributed by atoms with E-state index in [1.54, 1.807) is 19.4 Å². The maximum absolute atomic E-state index is 12.1. The summed E-state index contributed by atoms with van der Waals surface area (Å²) in [6.07, 6.45) is 1.76. The van der Waals surface area contributed by atoms with Crippen LogP contribution in [0.3, 0.4) is 0 Å². The molecule has 0 saturated heterocycles. The molecule has 0 saturated carbocycles. The molecule has 0 atom stereocenters. The van der Waals surface area contributed by atoms with Gasteiger partial charge in [0.25, 0.3) is 0 Å². The van der Waals surface area contributed by atoms with Crippen LogP contribution < -0.4 is 10.1 Å². The van der Waals surface area contributed by atoms with Crippen molar-refractivity contribution >= 4 is 39.3 Å². The fourth-order valence-electron chi connectivity index (χ4n) is 3.90. The number of aromatic nitrogens is 3. The highest BCUT2D eigenvalue weighted by atomic mass is 16.5. The van der Waals surface area contributed by atoms with Crippen molar-refractivity contribution in [3.8, 4) is 5.75 Å². The SMILES string of the molecule is COC(=O)c1cccc2cc(Nc3nn(Cc4ccc(OC)cc4)c4cccnc34)ccc12. The van der Waals surface area contributed by atoms with Crippen molar-refractivity contribution in [3.63, 3.8) is 0 Å². The summed E-state index contributed by atoms with van der Waals surface area (Å²) in [7, 11) is 3.04.